The molecule has 5 heteroatoms. The summed E-state index contributed by atoms with van der Waals surface area (Å²) in [5.74, 6) is 1.32. The summed E-state index contributed by atoms with van der Waals surface area (Å²) < 4.78 is 22.5. The molecule has 1 amide bonds. The zero-order valence-electron chi connectivity index (χ0n) is 10.2. The highest BCUT2D eigenvalue weighted by atomic mass is 32.2. The smallest absolute Gasteiger partial charge is 0.220 e. The van der Waals surface area contributed by atoms with Crippen LogP contribution in [0.25, 0.3) is 0 Å². The van der Waals surface area contributed by atoms with Crippen LogP contribution in [0.1, 0.15) is 38.5 Å². The lowest BCUT2D eigenvalue weighted by Gasteiger charge is -2.12. The van der Waals surface area contributed by atoms with Crippen molar-refractivity contribution in [3.63, 3.8) is 0 Å². The molecule has 1 saturated carbocycles. The van der Waals surface area contributed by atoms with E-state index in [1.807, 2.05) is 0 Å². The third kappa shape index (κ3) is 3.98. The fraction of sp³-hybridized carbons (Fsp3) is 0.917. The fourth-order valence-electron chi connectivity index (χ4n) is 2.84. The zero-order chi connectivity index (χ0) is 12.3. The number of hydrogen-bond donors (Lipinski definition) is 1. The van der Waals surface area contributed by atoms with Crippen molar-refractivity contribution in [1.29, 1.82) is 0 Å². The average Bonchev–Trinajstić information content (AvgIpc) is 2.85. The number of carbonyl (C=O) groups is 1. The molecule has 0 aromatic rings. The molecule has 0 aromatic carbocycles. The molecule has 1 N–H and O–H groups in total. The van der Waals surface area contributed by atoms with Crippen LogP contribution in [0, 0.1) is 11.8 Å². The Labute approximate surface area is 103 Å². The van der Waals surface area contributed by atoms with Gasteiger partial charge in [0.25, 0.3) is 0 Å². The Hall–Kier alpha value is -0.580. The van der Waals surface area contributed by atoms with Gasteiger partial charge in [-0.05, 0) is 31.1 Å². The zero-order valence-corrected chi connectivity index (χ0v) is 11.0. The highest BCUT2D eigenvalue weighted by Crippen LogP contribution is 2.27. The second kappa shape index (κ2) is 5.38. The van der Waals surface area contributed by atoms with Gasteiger partial charge in [-0.1, -0.05) is 12.8 Å². The van der Waals surface area contributed by atoms with Crippen LogP contribution in [0.5, 0.6) is 0 Å². The summed E-state index contributed by atoms with van der Waals surface area (Å²) in [4.78, 5) is 11.7. The first-order valence-corrected chi connectivity index (χ1v) is 8.34. The van der Waals surface area contributed by atoms with Crippen LogP contribution in [0.4, 0.5) is 0 Å². The van der Waals surface area contributed by atoms with Gasteiger partial charge in [-0.25, -0.2) is 8.42 Å². The molecule has 2 rings (SSSR count). The first kappa shape index (κ1) is 12.9. The molecular formula is C12H21NO3S. The van der Waals surface area contributed by atoms with Crippen molar-refractivity contribution in [2.24, 2.45) is 11.8 Å². The summed E-state index contributed by atoms with van der Waals surface area (Å²) in [6.45, 7) is 0.533. The average molecular weight is 259 g/mol. The molecule has 1 heterocycles. The van der Waals surface area contributed by atoms with Gasteiger partial charge in [0.1, 0.15) is 0 Å². The van der Waals surface area contributed by atoms with E-state index >= 15 is 0 Å². The van der Waals surface area contributed by atoms with Gasteiger partial charge in [-0.15, -0.1) is 0 Å². The minimum atomic E-state index is -2.82. The Morgan fingerprint density at radius 2 is 1.82 bits per heavy atom. The van der Waals surface area contributed by atoms with E-state index < -0.39 is 9.84 Å². The van der Waals surface area contributed by atoms with Crippen LogP contribution in [0.15, 0.2) is 0 Å². The van der Waals surface area contributed by atoms with Gasteiger partial charge in [0.2, 0.25) is 5.91 Å². The van der Waals surface area contributed by atoms with Gasteiger partial charge in [0, 0.05) is 13.0 Å². The molecule has 1 aliphatic carbocycles. The number of sulfone groups is 1. The Bertz CT molecular complexity index is 371. The minimum Gasteiger partial charge on any atom is -0.356 e. The third-order valence-electron chi connectivity index (χ3n) is 3.86. The second-order valence-corrected chi connectivity index (χ2v) is 7.66. The lowest BCUT2D eigenvalue weighted by atomic mass is 10.0. The van der Waals surface area contributed by atoms with E-state index in [9.17, 15) is 13.2 Å². The highest BCUT2D eigenvalue weighted by Gasteiger charge is 2.28. The van der Waals surface area contributed by atoms with Gasteiger partial charge >= 0.3 is 0 Å². The van der Waals surface area contributed by atoms with Crippen LogP contribution in [0.2, 0.25) is 0 Å². The number of carbonyl (C=O) groups excluding carboxylic acids is 1. The SMILES string of the molecule is O=C(CC1CCCC1)NCC1CCS(=O)(=O)C1. The predicted octanol–water partition coefficient (Wildman–Crippen LogP) is 1.12. The van der Waals surface area contributed by atoms with Crippen LogP contribution < -0.4 is 5.32 Å². The number of nitrogens with one attached hydrogen (secondary N) is 1. The van der Waals surface area contributed by atoms with E-state index in [-0.39, 0.29) is 23.3 Å². The van der Waals surface area contributed by atoms with E-state index in [1.165, 1.54) is 25.7 Å². The molecule has 0 bridgehead atoms. The van der Waals surface area contributed by atoms with E-state index in [0.717, 1.165) is 0 Å². The summed E-state index contributed by atoms with van der Waals surface area (Å²) in [7, 11) is -2.82. The molecule has 98 valence electrons. The molecule has 0 radical (unpaired) electrons. The summed E-state index contributed by atoms with van der Waals surface area (Å²) in [5, 5.41) is 2.89. The number of rotatable bonds is 4. The molecule has 2 aliphatic rings. The van der Waals surface area contributed by atoms with Crippen molar-refractivity contribution in [2.45, 2.75) is 38.5 Å². The summed E-state index contributed by atoms with van der Waals surface area (Å²) in [6.07, 6.45) is 6.17. The Balaban J connectivity index is 1.66. The van der Waals surface area contributed by atoms with Crippen LogP contribution in [-0.2, 0) is 14.6 Å². The molecule has 1 unspecified atom stereocenters. The maximum atomic E-state index is 11.7. The molecular weight excluding hydrogens is 238 g/mol. The molecule has 0 aromatic heterocycles. The molecule has 4 nitrogen and oxygen atoms in total. The maximum absolute atomic E-state index is 11.7. The monoisotopic (exact) mass is 259 g/mol. The van der Waals surface area contributed by atoms with Crippen molar-refractivity contribution in [3.8, 4) is 0 Å². The van der Waals surface area contributed by atoms with Crippen molar-refractivity contribution in [1.82, 2.24) is 5.32 Å². The number of amides is 1. The van der Waals surface area contributed by atoms with E-state index in [2.05, 4.69) is 5.32 Å². The second-order valence-electron chi connectivity index (χ2n) is 5.43. The lowest BCUT2D eigenvalue weighted by Crippen LogP contribution is -2.30. The van der Waals surface area contributed by atoms with E-state index in [0.29, 0.717) is 25.3 Å². The van der Waals surface area contributed by atoms with E-state index in [4.69, 9.17) is 0 Å². The van der Waals surface area contributed by atoms with Crippen LogP contribution in [0.3, 0.4) is 0 Å². The van der Waals surface area contributed by atoms with E-state index in [1.54, 1.807) is 0 Å². The Morgan fingerprint density at radius 1 is 1.12 bits per heavy atom. The third-order valence-corrected chi connectivity index (χ3v) is 5.70. The largest absolute Gasteiger partial charge is 0.356 e. The Kier molecular flexibility index (Phi) is 4.07. The maximum Gasteiger partial charge on any atom is 0.220 e. The quantitative estimate of drug-likeness (QED) is 0.823. The number of hydrogen-bond acceptors (Lipinski definition) is 3. The first-order chi connectivity index (χ1) is 8.05. The first-order valence-electron chi connectivity index (χ1n) is 6.52. The van der Waals surface area contributed by atoms with Crippen molar-refractivity contribution < 1.29 is 13.2 Å². The normalized spacial score (nSPS) is 28.4. The molecule has 17 heavy (non-hydrogen) atoms. The molecule has 1 saturated heterocycles. The Morgan fingerprint density at radius 3 is 2.41 bits per heavy atom. The van der Waals surface area contributed by atoms with Crippen molar-refractivity contribution in [2.75, 3.05) is 18.1 Å². The van der Waals surface area contributed by atoms with Crippen LogP contribution >= 0.6 is 0 Å². The molecule has 1 aliphatic heterocycles. The summed E-state index contributed by atoms with van der Waals surface area (Å²) >= 11 is 0. The summed E-state index contributed by atoms with van der Waals surface area (Å²) in [5.41, 5.74) is 0. The summed E-state index contributed by atoms with van der Waals surface area (Å²) in [6, 6.07) is 0. The van der Waals surface area contributed by atoms with Crippen molar-refractivity contribution in [3.05, 3.63) is 0 Å². The molecule has 0 spiro atoms. The molecule has 2 fully saturated rings. The lowest BCUT2D eigenvalue weighted by molar-refractivity contribution is -0.122. The van der Waals surface area contributed by atoms with Gasteiger partial charge in [0.15, 0.2) is 9.84 Å². The fourth-order valence-corrected chi connectivity index (χ4v) is 4.70. The molecule has 1 atom stereocenters. The van der Waals surface area contributed by atoms with Gasteiger partial charge in [-0.2, -0.15) is 0 Å². The van der Waals surface area contributed by atoms with Crippen LogP contribution in [-0.4, -0.2) is 32.4 Å². The highest BCUT2D eigenvalue weighted by molar-refractivity contribution is 7.91. The predicted molar refractivity (Wildman–Crippen MR) is 66.3 cm³/mol. The van der Waals surface area contributed by atoms with Crippen molar-refractivity contribution >= 4 is 15.7 Å². The standard InChI is InChI=1S/C12H21NO3S/c14-12(7-10-3-1-2-4-10)13-8-11-5-6-17(15,16)9-11/h10-11H,1-9H2,(H,13,14). The van der Waals surface area contributed by atoms with Gasteiger partial charge in [0.05, 0.1) is 11.5 Å². The minimum absolute atomic E-state index is 0.0983. The van der Waals surface area contributed by atoms with Gasteiger partial charge < -0.3 is 5.32 Å². The van der Waals surface area contributed by atoms with Gasteiger partial charge in [-0.3, -0.25) is 4.79 Å². The topological polar surface area (TPSA) is 63.2 Å².